The van der Waals surface area contributed by atoms with Crippen molar-refractivity contribution in [2.24, 2.45) is 5.92 Å². The van der Waals surface area contributed by atoms with Crippen LogP contribution in [0.5, 0.6) is 5.75 Å². The first kappa shape index (κ1) is 20.5. The van der Waals surface area contributed by atoms with Crippen molar-refractivity contribution in [2.45, 2.75) is 32.6 Å². The fraction of sp³-hybridized carbons (Fsp3) is 0.632. The first-order chi connectivity index (χ1) is 11.8. The van der Waals surface area contributed by atoms with Gasteiger partial charge in [-0.1, -0.05) is 6.92 Å². The SMILES string of the molecule is CNc1ccc(OCCCOCCCCOCCC(C)C=O)cc1. The summed E-state index contributed by atoms with van der Waals surface area (Å²) in [6, 6.07) is 7.91. The number of hydrogen-bond acceptors (Lipinski definition) is 5. The molecule has 1 N–H and O–H groups in total. The zero-order valence-corrected chi connectivity index (χ0v) is 15.0. The molecule has 1 aromatic rings. The summed E-state index contributed by atoms with van der Waals surface area (Å²) in [7, 11) is 1.90. The van der Waals surface area contributed by atoms with Crippen LogP contribution in [0.25, 0.3) is 0 Å². The Morgan fingerprint density at radius 2 is 1.58 bits per heavy atom. The Balaban J connectivity index is 1.84. The van der Waals surface area contributed by atoms with Gasteiger partial charge in [0.1, 0.15) is 12.0 Å². The molecule has 1 unspecified atom stereocenters. The maximum Gasteiger partial charge on any atom is 0.122 e. The van der Waals surface area contributed by atoms with Gasteiger partial charge in [-0.05, 0) is 43.5 Å². The Morgan fingerprint density at radius 3 is 2.21 bits per heavy atom. The molecule has 0 heterocycles. The van der Waals surface area contributed by atoms with Crippen LogP contribution >= 0.6 is 0 Å². The smallest absolute Gasteiger partial charge is 0.122 e. The monoisotopic (exact) mass is 337 g/mol. The Labute approximate surface area is 145 Å². The molecule has 0 aliphatic heterocycles. The number of benzene rings is 1. The number of unbranched alkanes of at least 4 members (excludes halogenated alkanes) is 1. The quantitative estimate of drug-likeness (QED) is 0.392. The number of hydrogen-bond donors (Lipinski definition) is 1. The Hall–Kier alpha value is -1.59. The van der Waals surface area contributed by atoms with E-state index in [1.54, 1.807) is 0 Å². The van der Waals surface area contributed by atoms with Crippen molar-refractivity contribution in [1.29, 1.82) is 0 Å². The third-order valence-corrected chi connectivity index (χ3v) is 3.62. The topological polar surface area (TPSA) is 56.8 Å². The van der Waals surface area contributed by atoms with E-state index in [-0.39, 0.29) is 5.92 Å². The normalized spacial score (nSPS) is 11.9. The van der Waals surface area contributed by atoms with Crippen LogP contribution in [0.3, 0.4) is 0 Å². The van der Waals surface area contributed by atoms with E-state index >= 15 is 0 Å². The molecule has 0 aliphatic carbocycles. The summed E-state index contributed by atoms with van der Waals surface area (Å²) in [6.45, 7) is 5.44. The molecule has 0 saturated carbocycles. The lowest BCUT2D eigenvalue weighted by Gasteiger charge is -2.08. The fourth-order valence-corrected chi connectivity index (χ4v) is 2.02. The predicted molar refractivity (Wildman–Crippen MR) is 96.8 cm³/mol. The molecule has 0 fully saturated rings. The molecule has 0 amide bonds. The van der Waals surface area contributed by atoms with Crippen molar-refractivity contribution >= 4 is 12.0 Å². The van der Waals surface area contributed by atoms with Crippen LogP contribution in [0.4, 0.5) is 5.69 Å². The molecular formula is C19H31NO4. The van der Waals surface area contributed by atoms with Gasteiger partial charge in [-0.2, -0.15) is 0 Å². The lowest BCUT2D eigenvalue weighted by molar-refractivity contribution is -0.111. The van der Waals surface area contributed by atoms with E-state index in [1.807, 2.05) is 38.2 Å². The minimum atomic E-state index is 0.0943. The van der Waals surface area contributed by atoms with Gasteiger partial charge < -0.3 is 24.3 Å². The van der Waals surface area contributed by atoms with Gasteiger partial charge in [-0.15, -0.1) is 0 Å². The third kappa shape index (κ3) is 10.2. The molecule has 0 aromatic heterocycles. The van der Waals surface area contributed by atoms with Crippen LogP contribution in [0, 0.1) is 5.92 Å². The number of anilines is 1. The van der Waals surface area contributed by atoms with E-state index in [9.17, 15) is 4.79 Å². The zero-order chi connectivity index (χ0) is 17.5. The van der Waals surface area contributed by atoms with Gasteiger partial charge in [-0.3, -0.25) is 0 Å². The van der Waals surface area contributed by atoms with Crippen LogP contribution in [0.15, 0.2) is 24.3 Å². The second kappa shape index (κ2) is 13.8. The molecule has 24 heavy (non-hydrogen) atoms. The summed E-state index contributed by atoms with van der Waals surface area (Å²) in [6.07, 6.45) is 4.64. The number of carbonyl (C=O) groups excluding carboxylic acids is 1. The highest BCUT2D eigenvalue weighted by Gasteiger charge is 1.99. The van der Waals surface area contributed by atoms with E-state index in [4.69, 9.17) is 14.2 Å². The zero-order valence-electron chi connectivity index (χ0n) is 15.0. The van der Waals surface area contributed by atoms with E-state index < -0.39 is 0 Å². The lowest BCUT2D eigenvalue weighted by Crippen LogP contribution is -2.06. The summed E-state index contributed by atoms with van der Waals surface area (Å²) in [5.41, 5.74) is 1.08. The summed E-state index contributed by atoms with van der Waals surface area (Å²) in [5.74, 6) is 0.979. The third-order valence-electron chi connectivity index (χ3n) is 3.62. The largest absolute Gasteiger partial charge is 0.494 e. The Kier molecular flexibility index (Phi) is 11.8. The standard InChI is InChI=1S/C19H31NO4/c1-17(16-21)10-15-23-12-4-3-11-22-13-5-14-24-19-8-6-18(20-2)7-9-19/h6-9,16-17,20H,3-5,10-15H2,1-2H3. The van der Waals surface area contributed by atoms with Crippen molar-refractivity contribution in [1.82, 2.24) is 0 Å². The van der Waals surface area contributed by atoms with Crippen molar-refractivity contribution < 1.29 is 19.0 Å². The molecule has 0 aliphatic rings. The van der Waals surface area contributed by atoms with Crippen molar-refractivity contribution in [2.75, 3.05) is 45.4 Å². The van der Waals surface area contributed by atoms with Gasteiger partial charge in [0.25, 0.3) is 0 Å². The lowest BCUT2D eigenvalue weighted by atomic mass is 10.1. The van der Waals surface area contributed by atoms with Crippen molar-refractivity contribution in [3.8, 4) is 5.75 Å². The van der Waals surface area contributed by atoms with Crippen molar-refractivity contribution in [3.05, 3.63) is 24.3 Å². The summed E-state index contributed by atoms with van der Waals surface area (Å²) in [5, 5.41) is 3.08. The number of aldehydes is 1. The van der Waals surface area contributed by atoms with E-state index in [1.165, 1.54) is 0 Å². The van der Waals surface area contributed by atoms with Crippen LogP contribution < -0.4 is 10.1 Å². The molecule has 1 atom stereocenters. The van der Waals surface area contributed by atoms with Gasteiger partial charge in [0, 0.05) is 51.5 Å². The van der Waals surface area contributed by atoms with E-state index in [0.717, 1.165) is 56.6 Å². The second-order valence-corrected chi connectivity index (χ2v) is 5.81. The van der Waals surface area contributed by atoms with Gasteiger partial charge in [0.2, 0.25) is 0 Å². The van der Waals surface area contributed by atoms with E-state index in [2.05, 4.69) is 5.32 Å². The first-order valence-corrected chi connectivity index (χ1v) is 8.77. The predicted octanol–water partition coefficient (Wildman–Crippen LogP) is 3.54. The maximum absolute atomic E-state index is 10.4. The van der Waals surface area contributed by atoms with Gasteiger partial charge >= 0.3 is 0 Å². The van der Waals surface area contributed by atoms with E-state index in [0.29, 0.717) is 19.8 Å². The number of nitrogens with one attached hydrogen (secondary N) is 1. The van der Waals surface area contributed by atoms with Crippen LogP contribution in [-0.4, -0.2) is 46.4 Å². The summed E-state index contributed by atoms with van der Waals surface area (Å²) >= 11 is 0. The molecule has 0 radical (unpaired) electrons. The fourth-order valence-electron chi connectivity index (χ4n) is 2.02. The Morgan fingerprint density at radius 1 is 0.958 bits per heavy atom. The molecule has 1 aromatic carbocycles. The molecule has 0 saturated heterocycles. The minimum Gasteiger partial charge on any atom is -0.494 e. The minimum absolute atomic E-state index is 0.0943. The van der Waals surface area contributed by atoms with Gasteiger partial charge in [-0.25, -0.2) is 0 Å². The van der Waals surface area contributed by atoms with Crippen LogP contribution in [-0.2, 0) is 14.3 Å². The number of ether oxygens (including phenoxy) is 3. The highest BCUT2D eigenvalue weighted by molar-refractivity contribution is 5.52. The highest BCUT2D eigenvalue weighted by Crippen LogP contribution is 2.15. The molecule has 1 rings (SSSR count). The summed E-state index contributed by atoms with van der Waals surface area (Å²) in [4.78, 5) is 10.4. The van der Waals surface area contributed by atoms with Gasteiger partial charge in [0.15, 0.2) is 0 Å². The molecular weight excluding hydrogens is 306 g/mol. The molecule has 136 valence electrons. The number of rotatable bonds is 15. The maximum atomic E-state index is 10.4. The number of carbonyl (C=O) groups is 1. The molecule has 5 nitrogen and oxygen atoms in total. The molecule has 0 spiro atoms. The Bertz CT molecular complexity index is 422. The van der Waals surface area contributed by atoms with Gasteiger partial charge in [0.05, 0.1) is 6.61 Å². The first-order valence-electron chi connectivity index (χ1n) is 8.77. The highest BCUT2D eigenvalue weighted by atomic mass is 16.5. The molecule has 5 heteroatoms. The summed E-state index contributed by atoms with van der Waals surface area (Å²) < 4.78 is 16.7. The van der Waals surface area contributed by atoms with Crippen LogP contribution in [0.1, 0.15) is 32.6 Å². The second-order valence-electron chi connectivity index (χ2n) is 5.81. The van der Waals surface area contributed by atoms with Crippen LogP contribution in [0.2, 0.25) is 0 Å². The van der Waals surface area contributed by atoms with Crippen molar-refractivity contribution in [3.63, 3.8) is 0 Å². The molecule has 0 bridgehead atoms. The average molecular weight is 337 g/mol. The average Bonchev–Trinajstić information content (AvgIpc) is 2.62.